The van der Waals surface area contributed by atoms with E-state index in [4.69, 9.17) is 9.47 Å². The van der Waals surface area contributed by atoms with Gasteiger partial charge in [0.1, 0.15) is 18.3 Å². The zero-order valence-corrected chi connectivity index (χ0v) is 15.7. The second-order valence-electron chi connectivity index (χ2n) is 6.18. The normalized spacial score (nSPS) is 24.7. The first-order valence-corrected chi connectivity index (χ1v) is 9.39. The average molecular weight is 416 g/mol. The van der Waals surface area contributed by atoms with Crippen molar-refractivity contribution in [2.75, 3.05) is 13.2 Å². The summed E-state index contributed by atoms with van der Waals surface area (Å²) in [7, 11) is 0. The molecule has 0 amide bonds. The van der Waals surface area contributed by atoms with Crippen LogP contribution in [0.4, 0.5) is 0 Å². The minimum Gasteiger partial charge on any atom is -0.466 e. The van der Waals surface area contributed by atoms with Gasteiger partial charge in [-0.1, -0.05) is 0 Å². The van der Waals surface area contributed by atoms with E-state index in [0.29, 0.717) is 11.7 Å². The Bertz CT molecular complexity index is 969. The largest absolute Gasteiger partial charge is 0.466 e. The summed E-state index contributed by atoms with van der Waals surface area (Å²) in [6, 6.07) is 0. The molecule has 0 unspecified atom stereocenters. The van der Waals surface area contributed by atoms with Crippen LogP contribution in [0.1, 0.15) is 26.0 Å². The number of carbonyl (C=O) groups excluding carboxylic acids is 1. The molecule has 0 aliphatic carbocycles. The third kappa shape index (κ3) is 3.58. The number of aromatic nitrogens is 4. The van der Waals surface area contributed by atoms with Crippen LogP contribution >= 0.6 is 11.7 Å². The van der Waals surface area contributed by atoms with Crippen LogP contribution in [0, 0.1) is 0 Å². The molecule has 28 heavy (non-hydrogen) atoms. The molecule has 1 aliphatic rings. The van der Waals surface area contributed by atoms with Gasteiger partial charge in [0.05, 0.1) is 24.9 Å². The number of fused-ring (bicyclic) bond motifs is 1. The molecule has 1 aliphatic heterocycles. The Morgan fingerprint density at radius 1 is 1.29 bits per heavy atom. The standard InChI is InChI=1S/C15H20N4O8S/c1-2-26-8(21)4-3-5-18-13(24)9-12(17-28-16-9)19(15(18)25)14-11(23)10(22)7(6-20)27-14/h7,10-11,14,20,22-23H,2-6H2,1H3/t7-,10-,11-,14-/m1/s1. The van der Waals surface area contributed by atoms with Crippen molar-refractivity contribution in [3.05, 3.63) is 20.8 Å². The lowest BCUT2D eigenvalue weighted by molar-refractivity contribution is -0.143. The van der Waals surface area contributed by atoms with Crippen LogP contribution in [-0.2, 0) is 20.8 Å². The van der Waals surface area contributed by atoms with Crippen LogP contribution in [0.15, 0.2) is 9.59 Å². The maximum absolute atomic E-state index is 12.9. The van der Waals surface area contributed by atoms with Crippen LogP contribution < -0.4 is 11.2 Å². The fourth-order valence-electron chi connectivity index (χ4n) is 3.05. The number of carbonyl (C=O) groups is 1. The first-order chi connectivity index (χ1) is 13.4. The van der Waals surface area contributed by atoms with Crippen molar-refractivity contribution < 1.29 is 29.6 Å². The van der Waals surface area contributed by atoms with Crippen LogP contribution in [0.2, 0.25) is 0 Å². The van der Waals surface area contributed by atoms with E-state index in [-0.39, 0.29) is 37.2 Å². The SMILES string of the molecule is CCOC(=O)CCCn1c(=O)c2nsnc2n([C@@H]2O[C@H](CO)[C@@H](O)[C@H]2O)c1=O. The lowest BCUT2D eigenvalue weighted by Gasteiger charge is -2.19. The molecule has 0 aromatic carbocycles. The molecule has 4 atom stereocenters. The summed E-state index contributed by atoms with van der Waals surface area (Å²) in [6.45, 7) is 1.25. The fraction of sp³-hybridized carbons (Fsp3) is 0.667. The number of nitrogens with zero attached hydrogens (tertiary/aromatic N) is 4. The van der Waals surface area contributed by atoms with Gasteiger partial charge in [0.15, 0.2) is 17.4 Å². The number of esters is 1. The monoisotopic (exact) mass is 416 g/mol. The molecule has 0 bridgehead atoms. The van der Waals surface area contributed by atoms with Gasteiger partial charge in [0.25, 0.3) is 5.56 Å². The Morgan fingerprint density at radius 3 is 2.68 bits per heavy atom. The molecule has 13 heteroatoms. The summed E-state index contributed by atoms with van der Waals surface area (Å²) in [6.07, 6.45) is -5.22. The third-order valence-electron chi connectivity index (χ3n) is 4.42. The van der Waals surface area contributed by atoms with E-state index in [1.165, 1.54) is 0 Å². The molecule has 3 rings (SSSR count). The molecule has 154 valence electrons. The van der Waals surface area contributed by atoms with E-state index in [1.54, 1.807) is 6.92 Å². The maximum Gasteiger partial charge on any atom is 0.335 e. The van der Waals surface area contributed by atoms with Gasteiger partial charge in [-0.15, -0.1) is 0 Å². The van der Waals surface area contributed by atoms with Crippen molar-refractivity contribution in [1.29, 1.82) is 0 Å². The fourth-order valence-corrected chi connectivity index (χ4v) is 3.58. The van der Waals surface area contributed by atoms with Gasteiger partial charge in [-0.2, -0.15) is 8.75 Å². The molecule has 2 aromatic rings. The maximum atomic E-state index is 12.9. The van der Waals surface area contributed by atoms with E-state index in [9.17, 15) is 29.7 Å². The third-order valence-corrected chi connectivity index (χ3v) is 4.94. The summed E-state index contributed by atoms with van der Waals surface area (Å²) in [5.41, 5.74) is -1.69. The Morgan fingerprint density at radius 2 is 2.04 bits per heavy atom. The van der Waals surface area contributed by atoms with E-state index in [2.05, 4.69) is 8.75 Å². The van der Waals surface area contributed by atoms with Crippen LogP contribution in [-0.4, -0.2) is 70.7 Å². The van der Waals surface area contributed by atoms with Crippen molar-refractivity contribution in [1.82, 2.24) is 17.9 Å². The zero-order chi connectivity index (χ0) is 20.4. The number of hydrogen-bond acceptors (Lipinski definition) is 11. The van der Waals surface area contributed by atoms with Crippen LogP contribution in [0.5, 0.6) is 0 Å². The number of hydrogen-bond donors (Lipinski definition) is 3. The molecule has 2 aromatic heterocycles. The quantitative estimate of drug-likeness (QED) is 0.428. The average Bonchev–Trinajstić information content (AvgIpc) is 3.25. The molecule has 12 nitrogen and oxygen atoms in total. The molecule has 3 heterocycles. The van der Waals surface area contributed by atoms with Crippen molar-refractivity contribution in [2.45, 2.75) is 50.8 Å². The first-order valence-electron chi connectivity index (χ1n) is 8.66. The van der Waals surface area contributed by atoms with E-state index < -0.39 is 48.4 Å². The minimum absolute atomic E-state index is 0.0148. The Hall–Kier alpha value is -2.19. The highest BCUT2D eigenvalue weighted by molar-refractivity contribution is 7.00. The molecule has 0 spiro atoms. The number of rotatable bonds is 7. The van der Waals surface area contributed by atoms with Gasteiger partial charge in [0.2, 0.25) is 0 Å². The summed E-state index contributed by atoms with van der Waals surface area (Å²) in [5.74, 6) is -0.448. The van der Waals surface area contributed by atoms with E-state index >= 15 is 0 Å². The number of aliphatic hydroxyl groups excluding tert-OH is 3. The minimum atomic E-state index is -1.52. The van der Waals surface area contributed by atoms with E-state index in [1.807, 2.05) is 0 Å². The van der Waals surface area contributed by atoms with E-state index in [0.717, 1.165) is 9.13 Å². The van der Waals surface area contributed by atoms with Gasteiger partial charge >= 0.3 is 11.7 Å². The van der Waals surface area contributed by atoms with Gasteiger partial charge in [-0.25, -0.2) is 9.36 Å². The lowest BCUT2D eigenvalue weighted by atomic mass is 10.1. The molecule has 1 saturated heterocycles. The second kappa shape index (κ2) is 8.45. The predicted molar refractivity (Wildman–Crippen MR) is 94.8 cm³/mol. The van der Waals surface area contributed by atoms with Gasteiger partial charge < -0.3 is 24.8 Å². The number of ether oxygens (including phenoxy) is 2. The summed E-state index contributed by atoms with van der Waals surface area (Å²) in [5, 5.41) is 29.5. The lowest BCUT2D eigenvalue weighted by Crippen LogP contribution is -2.44. The van der Waals surface area contributed by atoms with Crippen molar-refractivity contribution in [3.8, 4) is 0 Å². The molecule has 1 fully saturated rings. The summed E-state index contributed by atoms with van der Waals surface area (Å²) in [4.78, 5) is 37.0. The first kappa shape index (κ1) is 20.5. The zero-order valence-electron chi connectivity index (χ0n) is 14.9. The van der Waals surface area contributed by atoms with Crippen molar-refractivity contribution >= 4 is 28.9 Å². The molecular formula is C15H20N4O8S. The highest BCUT2D eigenvalue weighted by Gasteiger charge is 2.45. The summed E-state index contributed by atoms with van der Waals surface area (Å²) < 4.78 is 19.9. The Labute approximate surface area is 161 Å². The van der Waals surface area contributed by atoms with Crippen LogP contribution in [0.3, 0.4) is 0 Å². The topological polar surface area (TPSA) is 166 Å². The predicted octanol–water partition coefficient (Wildman–Crippen LogP) is -2.03. The smallest absolute Gasteiger partial charge is 0.335 e. The highest BCUT2D eigenvalue weighted by atomic mass is 32.1. The van der Waals surface area contributed by atoms with Gasteiger partial charge in [-0.05, 0) is 13.3 Å². The highest BCUT2D eigenvalue weighted by Crippen LogP contribution is 2.29. The molecular weight excluding hydrogens is 396 g/mol. The Balaban J connectivity index is 1.99. The number of aliphatic hydroxyl groups is 3. The molecule has 0 radical (unpaired) electrons. The van der Waals surface area contributed by atoms with Gasteiger partial charge in [0, 0.05) is 13.0 Å². The Kier molecular flexibility index (Phi) is 6.20. The van der Waals surface area contributed by atoms with Crippen molar-refractivity contribution in [2.24, 2.45) is 0 Å². The van der Waals surface area contributed by atoms with Crippen LogP contribution in [0.25, 0.3) is 11.2 Å². The molecule has 0 saturated carbocycles. The van der Waals surface area contributed by atoms with Crippen molar-refractivity contribution in [3.63, 3.8) is 0 Å². The summed E-state index contributed by atoms with van der Waals surface area (Å²) >= 11 is 0.705. The molecule has 3 N–H and O–H groups in total. The second-order valence-corrected chi connectivity index (χ2v) is 6.71. The van der Waals surface area contributed by atoms with Gasteiger partial charge in [-0.3, -0.25) is 14.2 Å².